The van der Waals surface area contributed by atoms with Crippen LogP contribution in [0.15, 0.2) is 47.6 Å². The molecule has 4 rings (SSSR count). The van der Waals surface area contributed by atoms with E-state index in [0.717, 1.165) is 16.5 Å². The Morgan fingerprint density at radius 3 is 2.92 bits per heavy atom. The number of hydrogen-bond acceptors (Lipinski definition) is 5. The number of aromatic amines is 1. The molecule has 7 heteroatoms. The Hall–Kier alpha value is -3.35. The molecule has 0 spiro atoms. The van der Waals surface area contributed by atoms with Crippen LogP contribution in [0.2, 0.25) is 0 Å². The van der Waals surface area contributed by atoms with E-state index in [1.54, 1.807) is 18.2 Å². The third kappa shape index (κ3) is 2.56. The van der Waals surface area contributed by atoms with E-state index in [1.807, 2.05) is 25.1 Å². The summed E-state index contributed by atoms with van der Waals surface area (Å²) in [5.41, 5.74) is 6.46. The molecule has 2 heterocycles. The van der Waals surface area contributed by atoms with E-state index in [4.69, 9.17) is 0 Å². The molecule has 0 fully saturated rings. The first-order valence-electron chi connectivity index (χ1n) is 7.37. The van der Waals surface area contributed by atoms with Crippen LogP contribution in [-0.2, 0) is 0 Å². The average Bonchev–Trinajstić information content (AvgIpc) is 2.94. The Bertz CT molecular complexity index is 1070. The van der Waals surface area contributed by atoms with Gasteiger partial charge in [0.1, 0.15) is 11.3 Å². The van der Waals surface area contributed by atoms with Crippen molar-refractivity contribution in [1.82, 2.24) is 20.2 Å². The summed E-state index contributed by atoms with van der Waals surface area (Å²) >= 11 is 0. The van der Waals surface area contributed by atoms with Gasteiger partial charge in [-0.05, 0) is 25.1 Å². The van der Waals surface area contributed by atoms with E-state index in [9.17, 15) is 4.39 Å². The Labute approximate surface area is 136 Å². The van der Waals surface area contributed by atoms with Crippen LogP contribution in [0.5, 0.6) is 0 Å². The first-order chi connectivity index (χ1) is 11.7. The highest BCUT2D eigenvalue weighted by Gasteiger charge is 2.08. The molecule has 0 atom stereocenters. The van der Waals surface area contributed by atoms with Gasteiger partial charge in [0.2, 0.25) is 0 Å². The van der Waals surface area contributed by atoms with Gasteiger partial charge in [-0.3, -0.25) is 0 Å². The number of anilines is 1. The summed E-state index contributed by atoms with van der Waals surface area (Å²) in [6.07, 6.45) is 1.37. The Morgan fingerprint density at radius 1 is 1.17 bits per heavy atom. The number of hydrogen-bond donors (Lipinski definition) is 2. The number of hydrazone groups is 1. The normalized spacial score (nSPS) is 11.6. The number of benzene rings is 2. The minimum Gasteiger partial charge on any atom is -0.338 e. The van der Waals surface area contributed by atoms with Crippen LogP contribution in [0.1, 0.15) is 11.1 Å². The zero-order valence-electron chi connectivity index (χ0n) is 12.8. The van der Waals surface area contributed by atoms with Crippen LogP contribution in [0, 0.1) is 12.7 Å². The zero-order chi connectivity index (χ0) is 16.5. The maximum atomic E-state index is 13.5. The summed E-state index contributed by atoms with van der Waals surface area (Å²) in [4.78, 5) is 7.55. The third-order valence-corrected chi connectivity index (χ3v) is 3.64. The van der Waals surface area contributed by atoms with Crippen molar-refractivity contribution in [3.8, 4) is 0 Å². The van der Waals surface area contributed by atoms with Gasteiger partial charge in [0.05, 0.1) is 6.21 Å². The van der Waals surface area contributed by atoms with Crippen molar-refractivity contribution in [1.29, 1.82) is 0 Å². The van der Waals surface area contributed by atoms with Gasteiger partial charge >= 0.3 is 0 Å². The molecule has 0 saturated carbocycles. The standard InChI is InChI=1S/C17H13FN6/c1-10-6-7-14-12(8-10)15-16(20-14)21-17(24-22-15)23-19-9-11-4-2-3-5-13(11)18/h2-9H,1H3,(H2,20,21,23,24)/b19-9+. The van der Waals surface area contributed by atoms with E-state index in [2.05, 4.69) is 30.7 Å². The molecule has 2 aromatic carbocycles. The van der Waals surface area contributed by atoms with Gasteiger partial charge in [0.15, 0.2) is 5.65 Å². The van der Waals surface area contributed by atoms with Crippen molar-refractivity contribution in [3.63, 3.8) is 0 Å². The highest BCUT2D eigenvalue weighted by Crippen LogP contribution is 2.23. The molecule has 2 N–H and O–H groups in total. The summed E-state index contributed by atoms with van der Waals surface area (Å²) in [7, 11) is 0. The molecule has 6 nitrogen and oxygen atoms in total. The quantitative estimate of drug-likeness (QED) is 0.448. The van der Waals surface area contributed by atoms with Gasteiger partial charge in [-0.15, -0.1) is 10.2 Å². The highest BCUT2D eigenvalue weighted by atomic mass is 19.1. The molecule has 118 valence electrons. The molecule has 24 heavy (non-hydrogen) atoms. The molecule has 2 aromatic heterocycles. The van der Waals surface area contributed by atoms with Crippen molar-refractivity contribution in [3.05, 3.63) is 59.4 Å². The smallest absolute Gasteiger partial charge is 0.265 e. The minimum atomic E-state index is -0.344. The second-order valence-corrected chi connectivity index (χ2v) is 5.40. The Balaban J connectivity index is 1.63. The molecular weight excluding hydrogens is 307 g/mol. The monoisotopic (exact) mass is 320 g/mol. The first-order valence-corrected chi connectivity index (χ1v) is 7.37. The fourth-order valence-electron chi connectivity index (χ4n) is 2.47. The van der Waals surface area contributed by atoms with E-state index >= 15 is 0 Å². The molecule has 0 unspecified atom stereocenters. The largest absolute Gasteiger partial charge is 0.338 e. The Morgan fingerprint density at radius 2 is 2.04 bits per heavy atom. The van der Waals surface area contributed by atoms with Crippen LogP contribution >= 0.6 is 0 Å². The van der Waals surface area contributed by atoms with Crippen LogP contribution in [0.25, 0.3) is 22.1 Å². The fraction of sp³-hybridized carbons (Fsp3) is 0.0588. The van der Waals surface area contributed by atoms with Gasteiger partial charge < -0.3 is 4.98 Å². The second kappa shape index (κ2) is 5.69. The lowest BCUT2D eigenvalue weighted by Gasteiger charge is -1.98. The molecule has 0 radical (unpaired) electrons. The molecule has 0 bridgehead atoms. The number of halogens is 1. The Kier molecular flexibility index (Phi) is 3.38. The van der Waals surface area contributed by atoms with Crippen LogP contribution < -0.4 is 5.43 Å². The number of aromatic nitrogens is 4. The minimum absolute atomic E-state index is 0.235. The van der Waals surface area contributed by atoms with Crippen molar-refractivity contribution >= 4 is 34.2 Å². The van der Waals surface area contributed by atoms with E-state index in [1.165, 1.54) is 12.3 Å². The van der Waals surface area contributed by atoms with Crippen molar-refractivity contribution in [2.24, 2.45) is 5.10 Å². The summed E-state index contributed by atoms with van der Waals surface area (Å²) in [6, 6.07) is 12.4. The van der Waals surface area contributed by atoms with Crippen LogP contribution in [0.4, 0.5) is 10.3 Å². The first kappa shape index (κ1) is 14.3. The molecule has 4 aromatic rings. The topological polar surface area (TPSA) is 78.9 Å². The van der Waals surface area contributed by atoms with Gasteiger partial charge in [0, 0.05) is 16.5 Å². The predicted molar refractivity (Wildman–Crippen MR) is 91.5 cm³/mol. The van der Waals surface area contributed by atoms with Gasteiger partial charge in [-0.1, -0.05) is 29.8 Å². The molecule has 0 saturated heterocycles. The van der Waals surface area contributed by atoms with E-state index in [-0.39, 0.29) is 11.8 Å². The fourth-order valence-corrected chi connectivity index (χ4v) is 2.47. The summed E-state index contributed by atoms with van der Waals surface area (Å²) in [5.74, 6) is -0.109. The molecule has 0 aliphatic heterocycles. The van der Waals surface area contributed by atoms with Crippen molar-refractivity contribution < 1.29 is 4.39 Å². The number of nitrogens with zero attached hydrogens (tertiary/aromatic N) is 4. The van der Waals surface area contributed by atoms with E-state index in [0.29, 0.717) is 16.7 Å². The van der Waals surface area contributed by atoms with Gasteiger partial charge in [0.25, 0.3) is 5.95 Å². The zero-order valence-corrected chi connectivity index (χ0v) is 12.8. The molecule has 0 aliphatic carbocycles. The van der Waals surface area contributed by atoms with Crippen molar-refractivity contribution in [2.75, 3.05) is 5.43 Å². The lowest BCUT2D eigenvalue weighted by molar-refractivity contribution is 0.626. The summed E-state index contributed by atoms with van der Waals surface area (Å²) in [6.45, 7) is 2.02. The maximum Gasteiger partial charge on any atom is 0.265 e. The lowest BCUT2D eigenvalue weighted by atomic mass is 10.2. The molecular formula is C17H13FN6. The molecule has 0 amide bonds. The third-order valence-electron chi connectivity index (χ3n) is 3.64. The highest BCUT2D eigenvalue weighted by molar-refractivity contribution is 6.03. The number of rotatable bonds is 3. The van der Waals surface area contributed by atoms with Crippen LogP contribution in [0.3, 0.4) is 0 Å². The lowest BCUT2D eigenvalue weighted by Crippen LogP contribution is -1.99. The second-order valence-electron chi connectivity index (χ2n) is 5.40. The SMILES string of the molecule is Cc1ccc2[nH]c3nc(N/N=C/c4ccccc4F)nnc3c2c1. The average molecular weight is 320 g/mol. The summed E-state index contributed by atoms with van der Waals surface area (Å²) in [5, 5.41) is 13.1. The van der Waals surface area contributed by atoms with Gasteiger partial charge in [-0.25, -0.2) is 9.82 Å². The van der Waals surface area contributed by atoms with Gasteiger partial charge in [-0.2, -0.15) is 10.1 Å². The number of H-pyrrole nitrogens is 1. The molecule has 0 aliphatic rings. The maximum absolute atomic E-state index is 13.5. The number of fused-ring (bicyclic) bond motifs is 3. The number of aryl methyl sites for hydroxylation is 1. The predicted octanol–water partition coefficient (Wildman–Crippen LogP) is 3.40. The van der Waals surface area contributed by atoms with Crippen LogP contribution in [-0.4, -0.2) is 26.4 Å². The van der Waals surface area contributed by atoms with E-state index < -0.39 is 0 Å². The summed E-state index contributed by atoms with van der Waals surface area (Å²) < 4.78 is 13.5. The van der Waals surface area contributed by atoms with Crippen molar-refractivity contribution in [2.45, 2.75) is 6.92 Å². The number of nitrogens with one attached hydrogen (secondary N) is 2.